The summed E-state index contributed by atoms with van der Waals surface area (Å²) in [5, 5.41) is 24.5. The van der Waals surface area contributed by atoms with Gasteiger partial charge < -0.3 is 25.8 Å². The minimum Gasteiger partial charge on any atom is -0.497 e. The normalized spacial score (nSPS) is 13.1. The molecule has 4 heterocycles. The van der Waals surface area contributed by atoms with E-state index in [4.69, 9.17) is 4.74 Å². The number of aromatic nitrogens is 5. The first-order chi connectivity index (χ1) is 21.2. The first-order valence-electron chi connectivity index (χ1n) is 14.4. The average Bonchev–Trinajstić information content (AvgIpc) is 3.72. The van der Waals surface area contributed by atoms with Crippen molar-refractivity contribution in [2.75, 3.05) is 24.3 Å². The Balaban J connectivity index is 1.30. The third-order valence-electron chi connectivity index (χ3n) is 7.41. The number of amides is 1. The molecule has 6 rings (SSSR count). The van der Waals surface area contributed by atoms with Crippen LogP contribution in [0.5, 0.6) is 5.75 Å². The van der Waals surface area contributed by atoms with Gasteiger partial charge in [-0.25, -0.2) is 14.5 Å². The minimum absolute atomic E-state index is 0.172. The van der Waals surface area contributed by atoms with E-state index in [1.807, 2.05) is 24.3 Å². The van der Waals surface area contributed by atoms with E-state index in [0.717, 1.165) is 30.6 Å². The molecule has 1 aliphatic carbocycles. The van der Waals surface area contributed by atoms with Gasteiger partial charge in [-0.05, 0) is 69.0 Å². The molecule has 0 atom stereocenters. The van der Waals surface area contributed by atoms with Gasteiger partial charge >= 0.3 is 0 Å². The Bertz CT molecular complexity index is 1850. The lowest BCUT2D eigenvalue weighted by Crippen LogP contribution is -2.27. The van der Waals surface area contributed by atoms with Crippen molar-refractivity contribution in [3.63, 3.8) is 0 Å². The zero-order valence-electron chi connectivity index (χ0n) is 24.7. The molecule has 1 amide bonds. The van der Waals surface area contributed by atoms with Gasteiger partial charge in [0.1, 0.15) is 17.3 Å². The van der Waals surface area contributed by atoms with Crippen LogP contribution in [0.25, 0.3) is 11.5 Å². The number of fused-ring (bicyclic) bond motifs is 1. The molecule has 44 heavy (non-hydrogen) atoms. The predicted molar refractivity (Wildman–Crippen MR) is 167 cm³/mol. The van der Waals surface area contributed by atoms with Crippen LogP contribution in [0.15, 0.2) is 78.0 Å². The number of carbonyl (C=O) groups excluding carboxylic acids is 1. The lowest BCUT2D eigenvalue weighted by molar-refractivity contribution is 0.0782. The molecule has 0 unspecified atom stereocenters. The van der Waals surface area contributed by atoms with Crippen molar-refractivity contribution in [3.05, 3.63) is 100 Å². The molecule has 12 nitrogen and oxygen atoms in total. The highest BCUT2D eigenvalue weighted by molar-refractivity contribution is 5.94. The molecule has 0 spiro atoms. The first kappa shape index (κ1) is 28.9. The lowest BCUT2D eigenvalue weighted by atomic mass is 10.0. The summed E-state index contributed by atoms with van der Waals surface area (Å²) in [5.41, 5.74) is 2.08. The third-order valence-corrected chi connectivity index (χ3v) is 7.41. The number of pyridine rings is 2. The van der Waals surface area contributed by atoms with Crippen molar-refractivity contribution in [2.45, 2.75) is 44.8 Å². The smallest absolute Gasteiger partial charge is 0.279 e. The Morgan fingerprint density at radius 2 is 1.86 bits per heavy atom. The van der Waals surface area contributed by atoms with E-state index in [1.54, 1.807) is 63.7 Å². The van der Waals surface area contributed by atoms with Gasteiger partial charge in [-0.2, -0.15) is 0 Å². The van der Waals surface area contributed by atoms with Crippen molar-refractivity contribution >= 4 is 28.7 Å². The number of ether oxygens (including phenoxy) is 1. The van der Waals surface area contributed by atoms with Gasteiger partial charge in [-0.1, -0.05) is 18.2 Å². The van der Waals surface area contributed by atoms with E-state index in [2.05, 4.69) is 31.0 Å². The number of nitrogens with zero attached hydrogens (tertiary/aromatic N) is 5. The number of rotatable bonds is 11. The second-order valence-electron chi connectivity index (χ2n) is 11.3. The maximum Gasteiger partial charge on any atom is 0.279 e. The molecule has 1 aliphatic rings. The van der Waals surface area contributed by atoms with Crippen molar-refractivity contribution in [2.24, 2.45) is 0 Å². The highest BCUT2D eigenvalue weighted by Gasteiger charge is 2.26. The Kier molecular flexibility index (Phi) is 7.75. The quantitative estimate of drug-likeness (QED) is 0.179. The Morgan fingerprint density at radius 1 is 1.07 bits per heavy atom. The van der Waals surface area contributed by atoms with Crippen molar-refractivity contribution < 1.29 is 14.6 Å². The number of methoxy groups -OCH3 is 1. The molecule has 0 bridgehead atoms. The van der Waals surface area contributed by atoms with Crippen LogP contribution in [0.3, 0.4) is 0 Å². The summed E-state index contributed by atoms with van der Waals surface area (Å²) in [5.74, 6) is 1.30. The lowest BCUT2D eigenvalue weighted by Gasteiger charge is -2.17. The molecule has 4 N–H and O–H groups in total. The van der Waals surface area contributed by atoms with E-state index >= 15 is 0 Å². The Morgan fingerprint density at radius 3 is 2.55 bits per heavy atom. The number of carbonyl (C=O) groups is 1. The van der Waals surface area contributed by atoms with Crippen LogP contribution >= 0.6 is 0 Å². The van der Waals surface area contributed by atoms with Gasteiger partial charge in [-0.3, -0.25) is 14.2 Å². The highest BCUT2D eigenvalue weighted by atomic mass is 16.5. The molecular formula is C32H34N8O4. The van der Waals surface area contributed by atoms with E-state index < -0.39 is 5.60 Å². The van der Waals surface area contributed by atoms with Crippen LogP contribution in [0.1, 0.15) is 48.3 Å². The summed E-state index contributed by atoms with van der Waals surface area (Å²) in [6, 6.07) is 16.6. The molecule has 1 saturated carbocycles. The minimum atomic E-state index is -1.05. The van der Waals surface area contributed by atoms with Crippen molar-refractivity contribution in [3.8, 4) is 11.6 Å². The maximum absolute atomic E-state index is 13.5. The summed E-state index contributed by atoms with van der Waals surface area (Å²) in [7, 11) is 1.64. The fraction of sp³-hybridized carbons (Fsp3) is 0.281. The third kappa shape index (κ3) is 6.25. The van der Waals surface area contributed by atoms with E-state index in [9.17, 15) is 14.7 Å². The molecule has 12 heteroatoms. The number of nitrogens with one attached hydrogen (secondary N) is 3. The second-order valence-corrected chi connectivity index (χ2v) is 11.3. The number of hydrogen-bond donors (Lipinski definition) is 4. The number of imidazole rings is 1. The SMILES string of the molecule is COc1ccc(CCNc2cc(Nc3cccn(-c4ccc(C(C)(C)O)cn4)c3=O)nn3c(C(=O)NC4CC4)cnc23)cc1. The van der Waals surface area contributed by atoms with Gasteiger partial charge in [-0.15, -0.1) is 5.10 Å². The number of anilines is 3. The van der Waals surface area contributed by atoms with Gasteiger partial charge in [0.25, 0.3) is 11.5 Å². The summed E-state index contributed by atoms with van der Waals surface area (Å²) < 4.78 is 8.16. The first-order valence-corrected chi connectivity index (χ1v) is 14.4. The van der Waals surface area contributed by atoms with Crippen molar-refractivity contribution in [1.82, 2.24) is 29.5 Å². The molecule has 0 radical (unpaired) electrons. The fourth-order valence-electron chi connectivity index (χ4n) is 4.73. The topological polar surface area (TPSA) is 148 Å². The van der Waals surface area contributed by atoms with Crippen LogP contribution < -0.4 is 26.2 Å². The standard InChI is InChI=1S/C32H34N8O4/c1-32(2,43)21-8-13-28(34-18-21)39-16-4-5-24(31(39)42)37-27-17-25(33-15-14-20-6-11-23(44-3)12-7-20)29-35-19-26(40(29)38-27)30(41)36-22-9-10-22/h4-8,11-13,16-19,22,33,43H,9-10,14-15H2,1-3H3,(H,36,41)(H,37,38). The maximum atomic E-state index is 13.5. The largest absolute Gasteiger partial charge is 0.497 e. The van der Waals surface area contributed by atoms with Gasteiger partial charge in [0.05, 0.1) is 24.6 Å². The van der Waals surface area contributed by atoms with Crippen molar-refractivity contribution in [1.29, 1.82) is 0 Å². The molecular weight excluding hydrogens is 560 g/mol. The van der Waals surface area contributed by atoms with Gasteiger partial charge in [0, 0.05) is 36.6 Å². The van der Waals surface area contributed by atoms with Crippen LogP contribution in [0.4, 0.5) is 17.2 Å². The molecule has 5 aromatic rings. The van der Waals surface area contributed by atoms with E-state index in [-0.39, 0.29) is 23.2 Å². The van der Waals surface area contributed by atoms with Gasteiger partial charge in [0.15, 0.2) is 17.2 Å². The summed E-state index contributed by atoms with van der Waals surface area (Å²) in [6.45, 7) is 3.94. The number of aliphatic hydroxyl groups is 1. The molecule has 1 aromatic carbocycles. The van der Waals surface area contributed by atoms with Crippen LogP contribution in [-0.2, 0) is 12.0 Å². The summed E-state index contributed by atoms with van der Waals surface area (Å²) in [6.07, 6.45) is 7.33. The van der Waals surface area contributed by atoms with E-state index in [0.29, 0.717) is 40.8 Å². The molecule has 1 fully saturated rings. The van der Waals surface area contributed by atoms with Crippen LogP contribution in [0, 0.1) is 0 Å². The van der Waals surface area contributed by atoms with Crippen LogP contribution in [-0.4, -0.2) is 54.9 Å². The number of benzene rings is 1. The highest BCUT2D eigenvalue weighted by Crippen LogP contribution is 2.24. The fourth-order valence-corrected chi connectivity index (χ4v) is 4.73. The number of hydrogen-bond acceptors (Lipinski definition) is 9. The zero-order chi connectivity index (χ0) is 30.8. The summed E-state index contributed by atoms with van der Waals surface area (Å²) in [4.78, 5) is 35.4. The van der Waals surface area contributed by atoms with E-state index in [1.165, 1.54) is 15.3 Å². The Hall–Kier alpha value is -5.23. The monoisotopic (exact) mass is 594 g/mol. The Labute approximate surface area is 253 Å². The summed E-state index contributed by atoms with van der Waals surface area (Å²) >= 11 is 0. The second kappa shape index (κ2) is 11.8. The molecule has 0 saturated heterocycles. The average molecular weight is 595 g/mol. The molecule has 0 aliphatic heterocycles. The zero-order valence-corrected chi connectivity index (χ0v) is 24.7. The predicted octanol–water partition coefficient (Wildman–Crippen LogP) is 3.80. The molecule has 4 aromatic heterocycles. The van der Waals surface area contributed by atoms with Gasteiger partial charge in [0.2, 0.25) is 0 Å². The van der Waals surface area contributed by atoms with Crippen LogP contribution in [0.2, 0.25) is 0 Å². The molecule has 226 valence electrons.